The molecule has 1 unspecified atom stereocenters. The average molecular weight is 302 g/mol. The fourth-order valence-corrected chi connectivity index (χ4v) is 2.06. The minimum atomic E-state index is -0.702. The number of benzene rings is 1. The minimum Gasteiger partial charge on any atom is -0.478 e. The summed E-state index contributed by atoms with van der Waals surface area (Å²) in [6.45, 7) is 3.87. The molecule has 0 fully saturated rings. The summed E-state index contributed by atoms with van der Waals surface area (Å²) in [5.74, 6) is -0.0289. The van der Waals surface area contributed by atoms with Gasteiger partial charge in [-0.05, 0) is 25.5 Å². The summed E-state index contributed by atoms with van der Waals surface area (Å²) < 4.78 is 10.6. The van der Waals surface area contributed by atoms with Gasteiger partial charge < -0.3 is 15.2 Å². The molecule has 0 bridgehead atoms. The third kappa shape index (κ3) is 4.08. The molecule has 104 valence electrons. The lowest BCUT2D eigenvalue weighted by atomic mass is 10.2. The molecule has 6 heteroatoms. The van der Waals surface area contributed by atoms with Crippen molar-refractivity contribution in [2.75, 3.05) is 6.61 Å². The zero-order valence-corrected chi connectivity index (χ0v) is 12.4. The van der Waals surface area contributed by atoms with Gasteiger partial charge in [0.05, 0.1) is 17.2 Å². The lowest BCUT2D eigenvalue weighted by Crippen LogP contribution is -2.29. The Morgan fingerprint density at radius 1 is 1.47 bits per heavy atom. The molecule has 0 radical (unpaired) electrons. The summed E-state index contributed by atoms with van der Waals surface area (Å²) in [7, 11) is 0. The molecule has 0 aliphatic heterocycles. The summed E-state index contributed by atoms with van der Waals surface area (Å²) in [6.07, 6.45) is -0.228. The Balaban J connectivity index is 3.00. The summed E-state index contributed by atoms with van der Waals surface area (Å²) in [6, 6.07) is 5.04. The standard InChI is InChI=1S/C13H16ClNO3S/c1-3-9(13(16)17-4-2)18-10-7-5-6-8(14)11(10)12(15)19/h5-7,9H,3-4H2,1-2H3,(H2,15,19). The Kier molecular flexibility index (Phi) is 6.05. The molecule has 1 atom stereocenters. The van der Waals surface area contributed by atoms with E-state index in [2.05, 4.69) is 0 Å². The highest BCUT2D eigenvalue weighted by Crippen LogP contribution is 2.27. The van der Waals surface area contributed by atoms with Crippen molar-refractivity contribution in [3.8, 4) is 5.75 Å². The van der Waals surface area contributed by atoms with Gasteiger partial charge in [-0.1, -0.05) is 36.8 Å². The van der Waals surface area contributed by atoms with Gasteiger partial charge in [-0.3, -0.25) is 0 Å². The maximum absolute atomic E-state index is 11.7. The number of hydrogen-bond acceptors (Lipinski definition) is 4. The number of carbonyl (C=O) groups is 1. The van der Waals surface area contributed by atoms with E-state index < -0.39 is 12.1 Å². The topological polar surface area (TPSA) is 61.5 Å². The Bertz CT molecular complexity index is 479. The lowest BCUT2D eigenvalue weighted by Gasteiger charge is -2.18. The number of ether oxygens (including phenoxy) is 2. The van der Waals surface area contributed by atoms with Crippen LogP contribution in [0, 0.1) is 0 Å². The number of halogens is 1. The van der Waals surface area contributed by atoms with Crippen LogP contribution < -0.4 is 10.5 Å². The van der Waals surface area contributed by atoms with E-state index in [1.807, 2.05) is 6.92 Å². The quantitative estimate of drug-likeness (QED) is 0.646. The van der Waals surface area contributed by atoms with Gasteiger partial charge in [-0.25, -0.2) is 4.79 Å². The first-order valence-corrected chi connectivity index (χ1v) is 6.71. The van der Waals surface area contributed by atoms with Gasteiger partial charge in [0.2, 0.25) is 0 Å². The van der Waals surface area contributed by atoms with Crippen molar-refractivity contribution in [3.05, 3.63) is 28.8 Å². The summed E-state index contributed by atoms with van der Waals surface area (Å²) >= 11 is 11.0. The molecular weight excluding hydrogens is 286 g/mol. The normalized spacial score (nSPS) is 11.7. The highest BCUT2D eigenvalue weighted by molar-refractivity contribution is 7.80. The van der Waals surface area contributed by atoms with Crippen molar-refractivity contribution < 1.29 is 14.3 Å². The summed E-state index contributed by atoms with van der Waals surface area (Å²) in [5, 5.41) is 0.392. The van der Waals surface area contributed by atoms with Crippen LogP contribution in [0.4, 0.5) is 0 Å². The molecule has 0 heterocycles. The van der Waals surface area contributed by atoms with E-state index in [0.717, 1.165) is 0 Å². The Morgan fingerprint density at radius 3 is 2.68 bits per heavy atom. The van der Waals surface area contributed by atoms with Gasteiger partial charge in [0.25, 0.3) is 0 Å². The molecule has 0 spiro atoms. The van der Waals surface area contributed by atoms with Crippen LogP contribution in [0.3, 0.4) is 0 Å². The van der Waals surface area contributed by atoms with Gasteiger partial charge >= 0.3 is 5.97 Å². The highest BCUT2D eigenvalue weighted by Gasteiger charge is 2.22. The number of carbonyl (C=O) groups excluding carboxylic acids is 1. The fraction of sp³-hybridized carbons (Fsp3) is 0.385. The molecule has 0 saturated heterocycles. The van der Waals surface area contributed by atoms with E-state index in [9.17, 15) is 4.79 Å². The van der Waals surface area contributed by atoms with Crippen LogP contribution in [0.1, 0.15) is 25.8 Å². The van der Waals surface area contributed by atoms with Crippen LogP contribution in [-0.4, -0.2) is 23.7 Å². The molecule has 0 aromatic heterocycles. The fourth-order valence-electron chi connectivity index (χ4n) is 1.53. The van der Waals surface area contributed by atoms with Crippen molar-refractivity contribution in [2.24, 2.45) is 5.73 Å². The first kappa shape index (κ1) is 15.7. The van der Waals surface area contributed by atoms with E-state index in [4.69, 9.17) is 39.0 Å². The zero-order chi connectivity index (χ0) is 14.4. The summed E-state index contributed by atoms with van der Waals surface area (Å²) in [4.78, 5) is 11.8. The van der Waals surface area contributed by atoms with Crippen LogP contribution in [0.15, 0.2) is 18.2 Å². The second kappa shape index (κ2) is 7.31. The molecule has 1 aromatic carbocycles. The van der Waals surface area contributed by atoms with Crippen molar-refractivity contribution >= 4 is 34.8 Å². The van der Waals surface area contributed by atoms with Crippen LogP contribution in [-0.2, 0) is 9.53 Å². The molecule has 0 saturated carbocycles. The number of thiocarbonyl (C=S) groups is 1. The molecule has 4 nitrogen and oxygen atoms in total. The maximum atomic E-state index is 11.7. The minimum absolute atomic E-state index is 0.124. The average Bonchev–Trinajstić information content (AvgIpc) is 2.35. The molecule has 0 aliphatic carbocycles. The van der Waals surface area contributed by atoms with E-state index in [1.165, 1.54) is 0 Å². The largest absolute Gasteiger partial charge is 0.478 e. The first-order valence-electron chi connectivity index (χ1n) is 5.92. The van der Waals surface area contributed by atoms with Crippen LogP contribution in [0.5, 0.6) is 5.75 Å². The van der Waals surface area contributed by atoms with Crippen molar-refractivity contribution in [2.45, 2.75) is 26.4 Å². The summed E-state index contributed by atoms with van der Waals surface area (Å²) in [5.41, 5.74) is 6.05. The number of rotatable bonds is 6. The van der Waals surface area contributed by atoms with E-state index in [-0.39, 0.29) is 4.99 Å². The second-order valence-corrected chi connectivity index (χ2v) is 4.59. The van der Waals surface area contributed by atoms with Crippen molar-refractivity contribution in [1.82, 2.24) is 0 Å². The zero-order valence-electron chi connectivity index (χ0n) is 10.8. The highest BCUT2D eigenvalue weighted by atomic mass is 35.5. The Hall–Kier alpha value is -1.33. The molecule has 2 N–H and O–H groups in total. The molecule has 19 heavy (non-hydrogen) atoms. The van der Waals surface area contributed by atoms with Gasteiger partial charge in [-0.15, -0.1) is 0 Å². The Labute approximate surface area is 122 Å². The van der Waals surface area contributed by atoms with Gasteiger partial charge in [-0.2, -0.15) is 0 Å². The molecular formula is C13H16ClNO3S. The van der Waals surface area contributed by atoms with Crippen molar-refractivity contribution in [1.29, 1.82) is 0 Å². The smallest absolute Gasteiger partial charge is 0.347 e. The van der Waals surface area contributed by atoms with Crippen LogP contribution in [0.25, 0.3) is 0 Å². The van der Waals surface area contributed by atoms with Crippen LogP contribution >= 0.6 is 23.8 Å². The van der Waals surface area contributed by atoms with Gasteiger partial charge in [0.15, 0.2) is 6.10 Å². The third-order valence-electron chi connectivity index (χ3n) is 2.41. The van der Waals surface area contributed by atoms with E-state index in [0.29, 0.717) is 29.4 Å². The van der Waals surface area contributed by atoms with Gasteiger partial charge in [0, 0.05) is 0 Å². The lowest BCUT2D eigenvalue weighted by molar-refractivity contribution is -0.151. The first-order chi connectivity index (χ1) is 9.01. The number of hydrogen-bond donors (Lipinski definition) is 1. The predicted molar refractivity (Wildman–Crippen MR) is 78.7 cm³/mol. The monoisotopic (exact) mass is 301 g/mol. The van der Waals surface area contributed by atoms with Crippen LogP contribution in [0.2, 0.25) is 5.02 Å². The SMILES string of the molecule is CCOC(=O)C(CC)Oc1cccc(Cl)c1C(N)=S. The molecule has 1 rings (SSSR count). The number of esters is 1. The molecule has 1 aromatic rings. The van der Waals surface area contributed by atoms with E-state index >= 15 is 0 Å². The molecule has 0 amide bonds. The van der Waals surface area contributed by atoms with E-state index in [1.54, 1.807) is 25.1 Å². The third-order valence-corrected chi connectivity index (χ3v) is 2.93. The van der Waals surface area contributed by atoms with Crippen molar-refractivity contribution in [3.63, 3.8) is 0 Å². The Morgan fingerprint density at radius 2 is 2.16 bits per heavy atom. The molecule has 0 aliphatic rings. The predicted octanol–water partition coefficient (Wildman–Crippen LogP) is 2.69. The maximum Gasteiger partial charge on any atom is 0.347 e. The second-order valence-electron chi connectivity index (χ2n) is 3.74. The van der Waals surface area contributed by atoms with Gasteiger partial charge in [0.1, 0.15) is 10.7 Å². The number of nitrogens with two attached hydrogens (primary N) is 1.